The standard InChI is InChI=1S/C21H32N2O3Si/c1-21(2,3)26-20(25)23-14-27(4,5)13-18(23)19(24)22-17-12-8-10-15-9-6-7-11-16(15)17/h6-7,9,11,17-18H,8,10,12-14H2,1-5H3,(H,22,24). The first kappa shape index (κ1) is 19.9. The van der Waals surface area contributed by atoms with E-state index in [1.165, 1.54) is 11.1 Å². The van der Waals surface area contributed by atoms with E-state index in [0.29, 0.717) is 6.17 Å². The lowest BCUT2D eigenvalue weighted by Gasteiger charge is -2.31. The molecule has 1 aromatic rings. The molecule has 2 unspecified atom stereocenters. The number of nitrogens with one attached hydrogen (secondary N) is 1. The Balaban J connectivity index is 1.75. The Hall–Kier alpha value is -1.82. The van der Waals surface area contributed by atoms with Crippen LogP contribution in [-0.4, -0.2) is 42.8 Å². The lowest BCUT2D eigenvalue weighted by Crippen LogP contribution is -2.48. The van der Waals surface area contributed by atoms with Crippen molar-refractivity contribution in [3.8, 4) is 0 Å². The summed E-state index contributed by atoms with van der Waals surface area (Å²) in [5.74, 6) is -0.0411. The van der Waals surface area contributed by atoms with E-state index >= 15 is 0 Å². The summed E-state index contributed by atoms with van der Waals surface area (Å²) in [5, 5.41) is 3.24. The van der Waals surface area contributed by atoms with Crippen molar-refractivity contribution in [1.82, 2.24) is 10.2 Å². The van der Waals surface area contributed by atoms with Crippen LogP contribution in [-0.2, 0) is 16.0 Å². The lowest BCUT2D eigenvalue weighted by molar-refractivity contribution is -0.126. The first-order valence-corrected chi connectivity index (χ1v) is 13.3. The number of aryl methyl sites for hydroxylation is 1. The van der Waals surface area contributed by atoms with Crippen LogP contribution in [0.3, 0.4) is 0 Å². The quantitative estimate of drug-likeness (QED) is 0.778. The second kappa shape index (κ2) is 7.30. The first-order valence-electron chi connectivity index (χ1n) is 9.94. The molecule has 27 heavy (non-hydrogen) atoms. The molecule has 3 rings (SSSR count). The summed E-state index contributed by atoms with van der Waals surface area (Å²) >= 11 is 0. The molecule has 6 heteroatoms. The van der Waals surface area contributed by atoms with Crippen LogP contribution in [0.5, 0.6) is 0 Å². The number of fused-ring (bicyclic) bond motifs is 1. The summed E-state index contributed by atoms with van der Waals surface area (Å²) in [4.78, 5) is 27.5. The van der Waals surface area contributed by atoms with Gasteiger partial charge in [-0.2, -0.15) is 0 Å². The molecule has 1 saturated heterocycles. The first-order chi connectivity index (χ1) is 12.6. The monoisotopic (exact) mass is 388 g/mol. The van der Waals surface area contributed by atoms with Gasteiger partial charge in [0.05, 0.1) is 14.1 Å². The predicted octanol–water partition coefficient (Wildman–Crippen LogP) is 4.05. The molecule has 5 nitrogen and oxygen atoms in total. The number of amides is 2. The molecule has 1 aliphatic heterocycles. The van der Waals surface area contributed by atoms with E-state index in [0.717, 1.165) is 25.3 Å². The molecule has 2 amide bonds. The number of carbonyl (C=O) groups is 2. The van der Waals surface area contributed by atoms with Gasteiger partial charge in [0, 0.05) is 6.17 Å². The number of rotatable bonds is 2. The van der Waals surface area contributed by atoms with E-state index in [1.54, 1.807) is 4.90 Å². The molecule has 0 spiro atoms. The average Bonchev–Trinajstić information content (AvgIpc) is 2.90. The number of benzene rings is 1. The van der Waals surface area contributed by atoms with Crippen molar-refractivity contribution >= 4 is 20.1 Å². The fraction of sp³-hybridized carbons (Fsp3) is 0.619. The van der Waals surface area contributed by atoms with Gasteiger partial charge in [0.2, 0.25) is 5.91 Å². The zero-order valence-electron chi connectivity index (χ0n) is 17.2. The maximum atomic E-state index is 13.2. The van der Waals surface area contributed by atoms with Crippen molar-refractivity contribution in [2.24, 2.45) is 0 Å². The van der Waals surface area contributed by atoms with Crippen LogP contribution in [0.2, 0.25) is 19.1 Å². The predicted molar refractivity (Wildman–Crippen MR) is 109 cm³/mol. The van der Waals surface area contributed by atoms with E-state index in [1.807, 2.05) is 26.8 Å². The molecule has 1 fully saturated rings. The summed E-state index contributed by atoms with van der Waals surface area (Å²) in [6.07, 6.45) is 3.38. The highest BCUT2D eigenvalue weighted by atomic mass is 28.3. The highest BCUT2D eigenvalue weighted by Crippen LogP contribution is 2.32. The molecule has 0 radical (unpaired) electrons. The largest absolute Gasteiger partial charge is 0.444 e. The highest BCUT2D eigenvalue weighted by molar-refractivity contribution is 6.79. The van der Waals surface area contributed by atoms with Crippen LogP contribution in [0.4, 0.5) is 4.79 Å². The molecule has 148 valence electrons. The second-order valence-electron chi connectivity index (χ2n) is 9.64. The van der Waals surface area contributed by atoms with Gasteiger partial charge in [0.1, 0.15) is 11.6 Å². The summed E-state index contributed by atoms with van der Waals surface area (Å²) in [6, 6.07) is 8.74. The Labute approximate surface area is 163 Å². The zero-order valence-corrected chi connectivity index (χ0v) is 18.2. The molecule has 1 aliphatic carbocycles. The Morgan fingerprint density at radius 3 is 2.63 bits per heavy atom. The van der Waals surface area contributed by atoms with Gasteiger partial charge >= 0.3 is 6.09 Å². The maximum Gasteiger partial charge on any atom is 0.410 e. The minimum absolute atomic E-state index is 0.0355. The van der Waals surface area contributed by atoms with Gasteiger partial charge < -0.3 is 10.1 Å². The Kier molecular flexibility index (Phi) is 5.39. The third-order valence-corrected chi connectivity index (χ3v) is 8.03. The van der Waals surface area contributed by atoms with Crippen molar-refractivity contribution in [3.63, 3.8) is 0 Å². The van der Waals surface area contributed by atoms with Crippen molar-refractivity contribution < 1.29 is 14.3 Å². The van der Waals surface area contributed by atoms with E-state index in [9.17, 15) is 9.59 Å². The topological polar surface area (TPSA) is 58.6 Å². The van der Waals surface area contributed by atoms with E-state index < -0.39 is 19.7 Å². The van der Waals surface area contributed by atoms with Gasteiger partial charge in [-0.3, -0.25) is 9.69 Å². The molecule has 1 aromatic carbocycles. The minimum Gasteiger partial charge on any atom is -0.444 e. The molecule has 1 heterocycles. The van der Waals surface area contributed by atoms with Crippen LogP contribution in [0, 0.1) is 0 Å². The zero-order chi connectivity index (χ0) is 19.8. The van der Waals surface area contributed by atoms with Gasteiger partial charge in [-0.25, -0.2) is 4.79 Å². The molecule has 2 atom stereocenters. The summed E-state index contributed by atoms with van der Waals surface area (Å²) in [6.45, 7) is 10.0. The highest BCUT2D eigenvalue weighted by Gasteiger charge is 2.46. The molecule has 0 aromatic heterocycles. The van der Waals surface area contributed by atoms with Crippen LogP contribution < -0.4 is 5.32 Å². The molecular formula is C21H32N2O3Si. The Morgan fingerprint density at radius 2 is 1.93 bits per heavy atom. The summed E-state index contributed by atoms with van der Waals surface area (Å²) in [5.41, 5.74) is 1.98. The molecule has 0 saturated carbocycles. The Bertz CT molecular complexity index is 726. The lowest BCUT2D eigenvalue weighted by atomic mass is 9.87. The van der Waals surface area contributed by atoms with Gasteiger partial charge in [-0.1, -0.05) is 37.4 Å². The smallest absolute Gasteiger partial charge is 0.410 e. The molecular weight excluding hydrogens is 356 g/mol. The number of nitrogens with zero attached hydrogens (tertiary/aromatic N) is 1. The summed E-state index contributed by atoms with van der Waals surface area (Å²) in [7, 11) is -1.64. The SMILES string of the molecule is CC(C)(C)OC(=O)N1C[Si](C)(C)CC1C(=O)NC1CCCc2ccccc21. The number of ether oxygens (including phenoxy) is 1. The van der Waals surface area contributed by atoms with Gasteiger partial charge in [-0.15, -0.1) is 0 Å². The second-order valence-corrected chi connectivity index (χ2v) is 14.7. The fourth-order valence-electron chi connectivity index (χ4n) is 4.19. The molecule has 0 bridgehead atoms. The number of hydrogen-bond acceptors (Lipinski definition) is 3. The van der Waals surface area contributed by atoms with Crippen LogP contribution in [0.25, 0.3) is 0 Å². The van der Waals surface area contributed by atoms with Crippen molar-refractivity contribution in [2.75, 3.05) is 6.17 Å². The molecule has 2 aliphatic rings. The van der Waals surface area contributed by atoms with Crippen molar-refractivity contribution in [1.29, 1.82) is 0 Å². The van der Waals surface area contributed by atoms with E-state index in [-0.39, 0.29) is 18.0 Å². The van der Waals surface area contributed by atoms with E-state index in [2.05, 4.69) is 36.6 Å². The average molecular weight is 389 g/mol. The fourth-order valence-corrected chi connectivity index (χ4v) is 7.04. The van der Waals surface area contributed by atoms with Gasteiger partial charge in [-0.05, 0) is 57.2 Å². The normalized spacial score (nSPS) is 24.3. The minimum atomic E-state index is -1.64. The summed E-state index contributed by atoms with van der Waals surface area (Å²) < 4.78 is 5.57. The number of hydrogen-bond donors (Lipinski definition) is 1. The van der Waals surface area contributed by atoms with Crippen molar-refractivity contribution in [2.45, 2.75) is 76.9 Å². The van der Waals surface area contributed by atoms with E-state index in [4.69, 9.17) is 4.74 Å². The Morgan fingerprint density at radius 1 is 1.22 bits per heavy atom. The number of carbonyl (C=O) groups excluding carboxylic acids is 2. The van der Waals surface area contributed by atoms with Crippen LogP contribution >= 0.6 is 0 Å². The third kappa shape index (κ3) is 4.72. The van der Waals surface area contributed by atoms with Gasteiger partial charge in [0.15, 0.2) is 0 Å². The molecule has 1 N–H and O–H groups in total. The van der Waals surface area contributed by atoms with Crippen molar-refractivity contribution in [3.05, 3.63) is 35.4 Å². The maximum absolute atomic E-state index is 13.2. The van der Waals surface area contributed by atoms with Gasteiger partial charge in [0.25, 0.3) is 0 Å². The third-order valence-electron chi connectivity index (χ3n) is 5.34. The van der Waals surface area contributed by atoms with Crippen LogP contribution in [0.1, 0.15) is 50.8 Å². The van der Waals surface area contributed by atoms with Crippen LogP contribution in [0.15, 0.2) is 24.3 Å².